The molecule has 1 aliphatic rings. The van der Waals surface area contributed by atoms with Gasteiger partial charge in [-0.2, -0.15) is 0 Å². The number of amides is 1. The van der Waals surface area contributed by atoms with Crippen molar-refractivity contribution in [2.45, 2.75) is 10.5 Å². The number of carbonyl (C=O) groups is 1. The number of carbonyl (C=O) groups excluding carboxylic acids is 1. The van der Waals surface area contributed by atoms with Gasteiger partial charge in [0.1, 0.15) is 5.82 Å². The molecule has 0 N–H and O–H groups in total. The van der Waals surface area contributed by atoms with E-state index in [1.165, 1.54) is 11.8 Å². The SMILES string of the molecule is COC1(c2nccn2C)CN(C(=O)/C=C/Sc2ccccc2)C1. The van der Waals surface area contributed by atoms with Gasteiger partial charge in [-0.25, -0.2) is 4.98 Å². The normalized spacial score (nSPS) is 16.5. The fourth-order valence-electron chi connectivity index (χ4n) is 2.67. The van der Waals surface area contributed by atoms with Gasteiger partial charge in [0.05, 0.1) is 13.1 Å². The number of ether oxygens (including phenoxy) is 1. The summed E-state index contributed by atoms with van der Waals surface area (Å²) in [5, 5.41) is 1.82. The number of hydrogen-bond donors (Lipinski definition) is 0. The predicted molar refractivity (Wildman–Crippen MR) is 89.9 cm³/mol. The first-order valence-electron chi connectivity index (χ1n) is 7.35. The van der Waals surface area contributed by atoms with Crippen LogP contribution in [0.15, 0.2) is 59.1 Å². The monoisotopic (exact) mass is 329 g/mol. The largest absolute Gasteiger partial charge is 0.367 e. The minimum Gasteiger partial charge on any atom is -0.367 e. The molecular weight excluding hydrogens is 310 g/mol. The maximum atomic E-state index is 12.2. The molecular formula is C17H19N3O2S. The maximum Gasteiger partial charge on any atom is 0.247 e. The van der Waals surface area contributed by atoms with E-state index in [9.17, 15) is 4.79 Å². The van der Waals surface area contributed by atoms with E-state index in [-0.39, 0.29) is 5.91 Å². The smallest absolute Gasteiger partial charge is 0.247 e. The lowest BCUT2D eigenvalue weighted by Crippen LogP contribution is -2.62. The third kappa shape index (κ3) is 3.18. The molecule has 0 saturated carbocycles. The first-order valence-corrected chi connectivity index (χ1v) is 8.23. The fourth-order valence-corrected chi connectivity index (χ4v) is 3.32. The topological polar surface area (TPSA) is 47.4 Å². The van der Waals surface area contributed by atoms with Crippen molar-refractivity contribution in [3.63, 3.8) is 0 Å². The van der Waals surface area contributed by atoms with Crippen LogP contribution in [0.2, 0.25) is 0 Å². The number of aryl methyl sites for hydroxylation is 1. The summed E-state index contributed by atoms with van der Waals surface area (Å²) in [5.74, 6) is 0.849. The van der Waals surface area contributed by atoms with Crippen LogP contribution in [0.3, 0.4) is 0 Å². The van der Waals surface area contributed by atoms with Crippen LogP contribution in [-0.4, -0.2) is 40.6 Å². The molecule has 1 fully saturated rings. The highest BCUT2D eigenvalue weighted by atomic mass is 32.2. The number of methoxy groups -OCH3 is 1. The molecule has 6 heteroatoms. The third-order valence-electron chi connectivity index (χ3n) is 3.98. The molecule has 2 aromatic rings. The first-order chi connectivity index (χ1) is 11.1. The summed E-state index contributed by atoms with van der Waals surface area (Å²) in [4.78, 5) is 19.4. The molecule has 0 unspecified atom stereocenters. The van der Waals surface area contributed by atoms with Gasteiger partial charge >= 0.3 is 0 Å². The lowest BCUT2D eigenvalue weighted by Gasteiger charge is -2.47. The summed E-state index contributed by atoms with van der Waals surface area (Å²) < 4.78 is 7.58. The van der Waals surface area contributed by atoms with Crippen LogP contribution in [-0.2, 0) is 22.2 Å². The number of likely N-dealkylation sites (tertiary alicyclic amines) is 1. The Morgan fingerprint density at radius 2 is 2.09 bits per heavy atom. The molecule has 2 heterocycles. The summed E-state index contributed by atoms with van der Waals surface area (Å²) in [6, 6.07) is 9.96. The van der Waals surface area contributed by atoms with Crippen LogP contribution in [0.4, 0.5) is 0 Å². The van der Waals surface area contributed by atoms with Crippen molar-refractivity contribution in [3.8, 4) is 0 Å². The Morgan fingerprint density at radius 3 is 2.70 bits per heavy atom. The Kier molecular flexibility index (Phi) is 4.54. The second-order valence-corrected chi connectivity index (χ2v) is 6.47. The highest BCUT2D eigenvalue weighted by Crippen LogP contribution is 2.34. The Bertz CT molecular complexity index is 706. The number of nitrogens with zero attached hydrogens (tertiary/aromatic N) is 3. The molecule has 0 spiro atoms. The van der Waals surface area contributed by atoms with Crippen molar-refractivity contribution in [2.75, 3.05) is 20.2 Å². The number of imidazole rings is 1. The van der Waals surface area contributed by atoms with Gasteiger partial charge in [-0.15, -0.1) is 0 Å². The third-order valence-corrected chi connectivity index (χ3v) is 4.80. The van der Waals surface area contributed by atoms with Crippen molar-refractivity contribution < 1.29 is 9.53 Å². The molecule has 5 nitrogen and oxygen atoms in total. The summed E-state index contributed by atoms with van der Waals surface area (Å²) >= 11 is 1.53. The first kappa shape index (κ1) is 15.8. The Morgan fingerprint density at radius 1 is 1.35 bits per heavy atom. The van der Waals surface area contributed by atoms with Gasteiger partial charge in [0, 0.05) is 37.5 Å². The van der Waals surface area contributed by atoms with E-state index in [4.69, 9.17) is 4.74 Å². The van der Waals surface area contributed by atoms with Crippen LogP contribution in [0, 0.1) is 0 Å². The van der Waals surface area contributed by atoms with E-state index < -0.39 is 5.60 Å². The lowest BCUT2D eigenvalue weighted by atomic mass is 9.92. The van der Waals surface area contributed by atoms with Crippen LogP contribution in [0.5, 0.6) is 0 Å². The maximum absolute atomic E-state index is 12.2. The minimum absolute atomic E-state index is 0.00434. The van der Waals surface area contributed by atoms with E-state index in [0.29, 0.717) is 13.1 Å². The zero-order valence-corrected chi connectivity index (χ0v) is 14.0. The number of benzene rings is 1. The molecule has 1 aromatic heterocycles. The molecule has 1 aliphatic heterocycles. The number of thioether (sulfide) groups is 1. The molecule has 1 aromatic carbocycles. The van der Waals surface area contributed by atoms with Gasteiger partial charge < -0.3 is 14.2 Å². The second kappa shape index (κ2) is 6.60. The van der Waals surface area contributed by atoms with Crippen molar-refractivity contribution >= 4 is 17.7 Å². The van der Waals surface area contributed by atoms with Gasteiger partial charge in [-0.1, -0.05) is 30.0 Å². The van der Waals surface area contributed by atoms with Crippen LogP contribution >= 0.6 is 11.8 Å². The van der Waals surface area contributed by atoms with E-state index in [2.05, 4.69) is 4.98 Å². The van der Waals surface area contributed by atoms with Gasteiger partial charge in [-0.05, 0) is 17.5 Å². The molecule has 0 radical (unpaired) electrons. The molecule has 120 valence electrons. The van der Waals surface area contributed by atoms with Crippen LogP contribution in [0.25, 0.3) is 0 Å². The average molecular weight is 329 g/mol. The summed E-state index contributed by atoms with van der Waals surface area (Å²) in [7, 11) is 3.60. The van der Waals surface area contributed by atoms with E-state index in [0.717, 1.165) is 10.7 Å². The molecule has 0 bridgehead atoms. The average Bonchev–Trinajstić information content (AvgIpc) is 2.95. The number of aromatic nitrogens is 2. The highest BCUT2D eigenvalue weighted by molar-refractivity contribution is 8.02. The zero-order valence-electron chi connectivity index (χ0n) is 13.2. The number of rotatable bonds is 5. The minimum atomic E-state index is -0.492. The summed E-state index contributed by atoms with van der Waals surface area (Å²) in [5.41, 5.74) is -0.492. The van der Waals surface area contributed by atoms with E-state index in [1.807, 2.05) is 53.6 Å². The molecule has 23 heavy (non-hydrogen) atoms. The molecule has 1 saturated heterocycles. The van der Waals surface area contributed by atoms with Gasteiger partial charge in [0.2, 0.25) is 5.91 Å². The van der Waals surface area contributed by atoms with E-state index in [1.54, 1.807) is 24.3 Å². The Labute approximate surface area is 140 Å². The van der Waals surface area contributed by atoms with Crippen molar-refractivity contribution in [2.24, 2.45) is 7.05 Å². The molecule has 1 amide bonds. The van der Waals surface area contributed by atoms with Crippen molar-refractivity contribution in [3.05, 3.63) is 60.0 Å². The zero-order chi connectivity index (χ0) is 16.3. The number of hydrogen-bond acceptors (Lipinski definition) is 4. The molecule has 3 rings (SSSR count). The van der Waals surface area contributed by atoms with Gasteiger partial charge in [-0.3, -0.25) is 4.79 Å². The summed E-state index contributed by atoms with van der Waals surface area (Å²) in [6.45, 7) is 1.04. The van der Waals surface area contributed by atoms with Crippen LogP contribution in [0.1, 0.15) is 5.82 Å². The van der Waals surface area contributed by atoms with Crippen molar-refractivity contribution in [1.29, 1.82) is 0 Å². The summed E-state index contributed by atoms with van der Waals surface area (Å²) in [6.07, 6.45) is 5.24. The fraction of sp³-hybridized carbons (Fsp3) is 0.294. The standard InChI is InChI=1S/C17H19N3O2S/c1-19-10-9-18-16(19)17(22-2)12-20(13-17)15(21)8-11-23-14-6-4-3-5-7-14/h3-11H,12-13H2,1-2H3/b11-8+. The Balaban J connectivity index is 1.58. The van der Waals surface area contributed by atoms with Gasteiger partial charge in [0.15, 0.2) is 5.60 Å². The molecule has 0 atom stereocenters. The van der Waals surface area contributed by atoms with Crippen LogP contribution < -0.4 is 0 Å². The predicted octanol–water partition coefficient (Wildman–Crippen LogP) is 2.41. The van der Waals surface area contributed by atoms with Gasteiger partial charge in [0.25, 0.3) is 0 Å². The highest BCUT2D eigenvalue weighted by Gasteiger charge is 2.49. The molecule has 0 aliphatic carbocycles. The quantitative estimate of drug-likeness (QED) is 0.624. The second-order valence-electron chi connectivity index (χ2n) is 5.49. The van der Waals surface area contributed by atoms with Crippen molar-refractivity contribution in [1.82, 2.24) is 14.5 Å². The lowest BCUT2D eigenvalue weighted by molar-refractivity contribution is -0.162. The Hall–Kier alpha value is -2.05. The van der Waals surface area contributed by atoms with E-state index >= 15 is 0 Å².